The number of benzene rings is 3. The predicted octanol–water partition coefficient (Wildman–Crippen LogP) is 5.48. The van der Waals surface area contributed by atoms with Crippen molar-refractivity contribution in [1.82, 2.24) is 9.47 Å². The van der Waals surface area contributed by atoms with E-state index < -0.39 is 0 Å². The third-order valence-electron chi connectivity index (χ3n) is 7.52. The molecule has 6 heteroatoms. The molecule has 36 heavy (non-hydrogen) atoms. The Morgan fingerprint density at radius 1 is 0.972 bits per heavy atom. The van der Waals surface area contributed by atoms with Crippen LogP contribution >= 0.6 is 0 Å². The van der Waals surface area contributed by atoms with E-state index in [1.807, 2.05) is 28.8 Å². The number of fused-ring (bicyclic) bond motifs is 6. The SMILES string of the molecule is C.COc1ccc2c(c1)c1c(n2CO)CN2CCc3cc(OCc4ccccc4)c(OC)cc3C2C1. The zero-order valence-corrected chi connectivity index (χ0v) is 20.2. The second-order valence-electron chi connectivity index (χ2n) is 9.29. The maximum absolute atomic E-state index is 10.2. The van der Waals surface area contributed by atoms with Gasteiger partial charge in [0, 0.05) is 30.2 Å². The summed E-state index contributed by atoms with van der Waals surface area (Å²) in [6.07, 6.45) is 1.84. The summed E-state index contributed by atoms with van der Waals surface area (Å²) in [5.41, 5.74) is 7.31. The number of hydrogen-bond donors (Lipinski definition) is 1. The zero-order valence-electron chi connectivity index (χ0n) is 20.2. The van der Waals surface area contributed by atoms with Crippen LogP contribution in [0.25, 0.3) is 10.9 Å². The third kappa shape index (κ3) is 4.00. The highest BCUT2D eigenvalue weighted by atomic mass is 16.5. The van der Waals surface area contributed by atoms with Crippen LogP contribution in [0.4, 0.5) is 0 Å². The number of nitrogens with zero attached hydrogens (tertiary/aromatic N) is 2. The van der Waals surface area contributed by atoms with Gasteiger partial charge < -0.3 is 23.9 Å². The molecule has 0 bridgehead atoms. The molecule has 0 aliphatic carbocycles. The molecule has 6 nitrogen and oxygen atoms in total. The second kappa shape index (κ2) is 9.88. The lowest BCUT2D eigenvalue weighted by Crippen LogP contribution is -2.39. The van der Waals surface area contributed by atoms with Gasteiger partial charge in [-0.3, -0.25) is 4.90 Å². The van der Waals surface area contributed by atoms with Crippen LogP contribution in [0.5, 0.6) is 17.2 Å². The van der Waals surface area contributed by atoms with Crippen LogP contribution in [0.3, 0.4) is 0 Å². The van der Waals surface area contributed by atoms with Gasteiger partial charge in [0.1, 0.15) is 19.1 Å². The molecule has 1 unspecified atom stereocenters. The Kier molecular flexibility index (Phi) is 6.65. The number of methoxy groups -OCH3 is 2. The van der Waals surface area contributed by atoms with Crippen molar-refractivity contribution in [1.29, 1.82) is 0 Å². The minimum Gasteiger partial charge on any atom is -0.497 e. The average Bonchev–Trinajstić information content (AvgIpc) is 3.22. The standard InChI is InChI=1S/C29H30N2O4.CH4/c1-33-21-8-9-25-23(13-21)24-14-26-22-15-28(34-2)29(35-17-19-6-4-3-5-7-19)12-20(22)10-11-30(26)16-27(24)31(25)18-32;/h3-9,12-13,15,26,32H,10-11,14,16-18H2,1-2H3;1H4. The first-order chi connectivity index (χ1) is 17.2. The van der Waals surface area contributed by atoms with Crippen molar-refractivity contribution in [3.8, 4) is 17.2 Å². The van der Waals surface area contributed by atoms with E-state index in [0.29, 0.717) is 6.61 Å². The highest BCUT2D eigenvalue weighted by Gasteiger charge is 2.36. The number of aromatic nitrogens is 1. The van der Waals surface area contributed by atoms with Crippen molar-refractivity contribution in [2.75, 3.05) is 20.8 Å². The van der Waals surface area contributed by atoms with Crippen LogP contribution in [0, 0.1) is 0 Å². The maximum Gasteiger partial charge on any atom is 0.161 e. The zero-order chi connectivity index (χ0) is 23.9. The maximum atomic E-state index is 10.2. The summed E-state index contributed by atoms with van der Waals surface area (Å²) in [5, 5.41) is 11.3. The van der Waals surface area contributed by atoms with E-state index >= 15 is 0 Å². The minimum absolute atomic E-state index is 0. The van der Waals surface area contributed by atoms with E-state index in [-0.39, 0.29) is 20.2 Å². The van der Waals surface area contributed by atoms with Gasteiger partial charge in [-0.05, 0) is 65.4 Å². The summed E-state index contributed by atoms with van der Waals surface area (Å²) >= 11 is 0. The third-order valence-corrected chi connectivity index (χ3v) is 7.52. The second-order valence-corrected chi connectivity index (χ2v) is 9.29. The number of ether oxygens (including phenoxy) is 3. The van der Waals surface area contributed by atoms with Crippen molar-refractivity contribution in [2.24, 2.45) is 0 Å². The monoisotopic (exact) mass is 486 g/mol. The average molecular weight is 487 g/mol. The molecule has 0 radical (unpaired) electrons. The molecule has 2 aliphatic heterocycles. The predicted molar refractivity (Wildman–Crippen MR) is 142 cm³/mol. The Bertz CT molecular complexity index is 1380. The van der Waals surface area contributed by atoms with Gasteiger partial charge >= 0.3 is 0 Å². The summed E-state index contributed by atoms with van der Waals surface area (Å²) in [6, 6.07) is 20.9. The molecule has 3 heterocycles. The molecule has 0 fully saturated rings. The Morgan fingerprint density at radius 3 is 2.56 bits per heavy atom. The summed E-state index contributed by atoms with van der Waals surface area (Å²) in [7, 11) is 3.40. The Balaban J connectivity index is 0.00000267. The summed E-state index contributed by atoms with van der Waals surface area (Å²) in [5.74, 6) is 2.40. The Morgan fingerprint density at radius 2 is 1.81 bits per heavy atom. The Hall–Kier alpha value is -3.48. The molecule has 4 aromatic rings. The fraction of sp³-hybridized carbons (Fsp3) is 0.333. The molecule has 1 N–H and O–H groups in total. The first-order valence-electron chi connectivity index (χ1n) is 12.1. The highest BCUT2D eigenvalue weighted by Crippen LogP contribution is 2.45. The van der Waals surface area contributed by atoms with Crippen molar-refractivity contribution in [2.45, 2.75) is 46.2 Å². The van der Waals surface area contributed by atoms with Crippen molar-refractivity contribution < 1.29 is 19.3 Å². The lowest BCUT2D eigenvalue weighted by Gasteiger charge is -2.41. The topological polar surface area (TPSA) is 56.1 Å². The smallest absolute Gasteiger partial charge is 0.161 e. The van der Waals surface area contributed by atoms with Crippen molar-refractivity contribution in [3.05, 3.63) is 88.6 Å². The summed E-state index contributed by atoms with van der Waals surface area (Å²) in [6.45, 7) is 2.27. The molecule has 1 aromatic heterocycles. The number of aliphatic hydroxyl groups is 1. The summed E-state index contributed by atoms with van der Waals surface area (Å²) < 4.78 is 19.5. The van der Waals surface area contributed by atoms with Gasteiger partial charge in [-0.25, -0.2) is 0 Å². The fourth-order valence-electron chi connectivity index (χ4n) is 5.74. The van der Waals surface area contributed by atoms with E-state index in [4.69, 9.17) is 14.2 Å². The van der Waals surface area contributed by atoms with Gasteiger partial charge in [-0.1, -0.05) is 37.8 Å². The van der Waals surface area contributed by atoms with Gasteiger partial charge in [-0.2, -0.15) is 0 Å². The fourth-order valence-corrected chi connectivity index (χ4v) is 5.74. The van der Waals surface area contributed by atoms with Crippen molar-refractivity contribution in [3.63, 3.8) is 0 Å². The van der Waals surface area contributed by atoms with Gasteiger partial charge in [0.2, 0.25) is 0 Å². The van der Waals surface area contributed by atoms with E-state index in [9.17, 15) is 5.11 Å². The molecule has 0 spiro atoms. The van der Waals surface area contributed by atoms with E-state index in [1.54, 1.807) is 14.2 Å². The largest absolute Gasteiger partial charge is 0.497 e. The molecule has 6 rings (SSSR count). The van der Waals surface area contributed by atoms with Crippen molar-refractivity contribution >= 4 is 10.9 Å². The first-order valence-corrected chi connectivity index (χ1v) is 12.1. The van der Waals surface area contributed by atoms with E-state index in [0.717, 1.165) is 59.6 Å². The van der Waals surface area contributed by atoms with Crippen LogP contribution in [0.1, 0.15) is 41.4 Å². The number of aliphatic hydroxyl groups excluding tert-OH is 1. The van der Waals surface area contributed by atoms with E-state index in [1.165, 1.54) is 22.4 Å². The van der Waals surface area contributed by atoms with Crippen LogP contribution in [-0.4, -0.2) is 35.3 Å². The molecule has 0 saturated carbocycles. The van der Waals surface area contributed by atoms with Crippen LogP contribution in [-0.2, 0) is 32.7 Å². The molecule has 188 valence electrons. The molecular formula is C30H34N2O4. The molecular weight excluding hydrogens is 452 g/mol. The van der Waals surface area contributed by atoms with Gasteiger partial charge in [0.25, 0.3) is 0 Å². The molecule has 2 aliphatic rings. The first kappa shape index (κ1) is 24.2. The Labute approximate surface area is 212 Å². The van der Waals surface area contributed by atoms with E-state index in [2.05, 4.69) is 41.3 Å². The lowest BCUT2D eigenvalue weighted by molar-refractivity contribution is 0.145. The van der Waals surface area contributed by atoms with Gasteiger partial charge in [0.15, 0.2) is 11.5 Å². The summed E-state index contributed by atoms with van der Waals surface area (Å²) in [4.78, 5) is 2.52. The van der Waals surface area contributed by atoms with Gasteiger partial charge in [0.05, 0.1) is 19.7 Å². The van der Waals surface area contributed by atoms with Crippen LogP contribution in [0.2, 0.25) is 0 Å². The quantitative estimate of drug-likeness (QED) is 0.391. The highest BCUT2D eigenvalue weighted by molar-refractivity contribution is 5.87. The molecule has 3 aromatic carbocycles. The molecule has 0 saturated heterocycles. The number of hydrogen-bond acceptors (Lipinski definition) is 5. The van der Waals surface area contributed by atoms with Crippen LogP contribution in [0.15, 0.2) is 60.7 Å². The molecule has 0 amide bonds. The van der Waals surface area contributed by atoms with Crippen LogP contribution < -0.4 is 14.2 Å². The van der Waals surface area contributed by atoms with Gasteiger partial charge in [-0.15, -0.1) is 0 Å². The normalized spacial score (nSPS) is 16.5. The lowest BCUT2D eigenvalue weighted by atomic mass is 9.85. The molecule has 1 atom stereocenters. The minimum atomic E-state index is -0.0246. The number of rotatable bonds is 6.